The largest absolute Gasteiger partial charge is 0.469 e. The summed E-state index contributed by atoms with van der Waals surface area (Å²) < 4.78 is 4.72. The van der Waals surface area contributed by atoms with E-state index in [-0.39, 0.29) is 17.8 Å². The summed E-state index contributed by atoms with van der Waals surface area (Å²) in [7, 11) is 1.40. The average Bonchev–Trinajstić information content (AvgIpc) is 2.47. The Morgan fingerprint density at radius 2 is 2.11 bits per heavy atom. The molecule has 0 radical (unpaired) electrons. The lowest BCUT2D eigenvalue weighted by atomic mass is 9.96. The third-order valence-corrected chi connectivity index (χ3v) is 3.23. The number of ether oxygens (including phenoxy) is 1. The van der Waals surface area contributed by atoms with E-state index in [0.717, 1.165) is 0 Å². The van der Waals surface area contributed by atoms with Crippen LogP contribution in [0.2, 0.25) is 0 Å². The van der Waals surface area contributed by atoms with Crippen LogP contribution in [-0.4, -0.2) is 42.0 Å². The molecule has 1 aliphatic heterocycles. The topological polar surface area (TPSA) is 59.5 Å². The minimum atomic E-state index is -0.177. The number of pyridine rings is 1. The highest BCUT2D eigenvalue weighted by molar-refractivity contribution is 5.94. The van der Waals surface area contributed by atoms with Gasteiger partial charge in [0.1, 0.15) is 0 Å². The molecule has 0 aromatic carbocycles. The van der Waals surface area contributed by atoms with Gasteiger partial charge in [-0.15, -0.1) is 0 Å². The van der Waals surface area contributed by atoms with Crippen molar-refractivity contribution in [2.24, 2.45) is 5.92 Å². The number of nitrogens with zero attached hydrogens (tertiary/aromatic N) is 2. The predicted octanol–water partition coefficient (Wildman–Crippen LogP) is 1.11. The Bertz CT molecular complexity index is 425. The molecule has 2 heterocycles. The van der Waals surface area contributed by atoms with Gasteiger partial charge in [-0.1, -0.05) is 0 Å². The van der Waals surface area contributed by atoms with E-state index in [4.69, 9.17) is 4.74 Å². The van der Waals surface area contributed by atoms with Crippen molar-refractivity contribution >= 4 is 11.9 Å². The maximum atomic E-state index is 12.1. The second-order valence-corrected chi connectivity index (χ2v) is 4.33. The first-order valence-electron chi connectivity index (χ1n) is 5.99. The van der Waals surface area contributed by atoms with Gasteiger partial charge in [-0.25, -0.2) is 0 Å². The number of piperidine rings is 1. The molecule has 1 saturated heterocycles. The molecule has 1 fully saturated rings. The summed E-state index contributed by atoms with van der Waals surface area (Å²) in [6.45, 7) is 1.18. The van der Waals surface area contributed by atoms with Crippen molar-refractivity contribution in [3.8, 4) is 0 Å². The van der Waals surface area contributed by atoms with Gasteiger partial charge in [0.25, 0.3) is 5.91 Å². The summed E-state index contributed by atoms with van der Waals surface area (Å²) in [5.74, 6) is -0.275. The third-order valence-electron chi connectivity index (χ3n) is 3.23. The predicted molar refractivity (Wildman–Crippen MR) is 64.9 cm³/mol. The molecule has 0 saturated carbocycles. The van der Waals surface area contributed by atoms with Crippen molar-refractivity contribution in [1.82, 2.24) is 9.88 Å². The summed E-state index contributed by atoms with van der Waals surface area (Å²) in [5.41, 5.74) is 0.592. The Balaban J connectivity index is 1.94. The number of rotatable bonds is 2. The molecule has 1 aromatic heterocycles. The molecule has 1 aromatic rings. The normalized spacial score (nSPS) is 16.4. The van der Waals surface area contributed by atoms with E-state index >= 15 is 0 Å². The lowest BCUT2D eigenvalue weighted by Crippen LogP contribution is -2.40. The molecule has 18 heavy (non-hydrogen) atoms. The number of esters is 1. The fourth-order valence-corrected chi connectivity index (χ4v) is 2.16. The standard InChI is InChI=1S/C13H16N2O3/c1-18-13(17)10-4-7-15(8-5-10)12(16)11-3-2-6-14-9-11/h2-3,6,9-10H,4-5,7-8H2,1H3. The number of carbonyl (C=O) groups is 2. The van der Waals surface area contributed by atoms with Gasteiger partial charge in [-0.2, -0.15) is 0 Å². The molecule has 1 aliphatic rings. The van der Waals surface area contributed by atoms with Crippen molar-refractivity contribution in [3.05, 3.63) is 30.1 Å². The second kappa shape index (κ2) is 5.62. The van der Waals surface area contributed by atoms with Crippen LogP contribution < -0.4 is 0 Å². The number of hydrogen-bond acceptors (Lipinski definition) is 4. The van der Waals surface area contributed by atoms with E-state index in [1.165, 1.54) is 7.11 Å². The zero-order valence-corrected chi connectivity index (χ0v) is 10.3. The minimum Gasteiger partial charge on any atom is -0.469 e. The van der Waals surface area contributed by atoms with Gasteiger partial charge >= 0.3 is 5.97 Å². The summed E-state index contributed by atoms with van der Waals surface area (Å²) in [6, 6.07) is 3.50. The molecule has 0 N–H and O–H groups in total. The van der Waals surface area contributed by atoms with Crippen LogP contribution in [0, 0.1) is 5.92 Å². The molecular formula is C13H16N2O3. The molecule has 2 rings (SSSR count). The lowest BCUT2D eigenvalue weighted by molar-refractivity contribution is -0.146. The van der Waals surface area contributed by atoms with Crippen LogP contribution in [0.1, 0.15) is 23.2 Å². The van der Waals surface area contributed by atoms with E-state index in [9.17, 15) is 9.59 Å². The van der Waals surface area contributed by atoms with Gasteiger partial charge in [-0.05, 0) is 25.0 Å². The first-order chi connectivity index (χ1) is 8.72. The smallest absolute Gasteiger partial charge is 0.308 e. The molecular weight excluding hydrogens is 232 g/mol. The zero-order chi connectivity index (χ0) is 13.0. The Labute approximate surface area is 106 Å². The fourth-order valence-electron chi connectivity index (χ4n) is 2.16. The van der Waals surface area contributed by atoms with Crippen molar-refractivity contribution < 1.29 is 14.3 Å². The Hall–Kier alpha value is -1.91. The van der Waals surface area contributed by atoms with Crippen molar-refractivity contribution in [2.45, 2.75) is 12.8 Å². The van der Waals surface area contributed by atoms with Crippen molar-refractivity contribution in [1.29, 1.82) is 0 Å². The molecule has 0 atom stereocenters. The Morgan fingerprint density at radius 1 is 1.39 bits per heavy atom. The summed E-state index contributed by atoms with van der Waals surface area (Å²) in [6.07, 6.45) is 4.53. The van der Waals surface area contributed by atoms with E-state index in [1.807, 2.05) is 0 Å². The monoisotopic (exact) mass is 248 g/mol. The number of methoxy groups -OCH3 is 1. The quantitative estimate of drug-likeness (QED) is 0.735. The molecule has 0 aliphatic carbocycles. The van der Waals surface area contributed by atoms with Gasteiger partial charge in [0.15, 0.2) is 0 Å². The third kappa shape index (κ3) is 2.67. The first-order valence-corrected chi connectivity index (χ1v) is 5.99. The van der Waals surface area contributed by atoms with E-state index in [2.05, 4.69) is 4.98 Å². The van der Waals surface area contributed by atoms with Crippen LogP contribution >= 0.6 is 0 Å². The van der Waals surface area contributed by atoms with Crippen LogP contribution in [0.25, 0.3) is 0 Å². The first kappa shape index (κ1) is 12.5. The summed E-state index contributed by atoms with van der Waals surface area (Å²) in [4.78, 5) is 29.2. The molecule has 1 amide bonds. The zero-order valence-electron chi connectivity index (χ0n) is 10.3. The van der Waals surface area contributed by atoms with Gasteiger partial charge in [0.2, 0.25) is 0 Å². The van der Waals surface area contributed by atoms with Crippen LogP contribution in [0.4, 0.5) is 0 Å². The van der Waals surface area contributed by atoms with Crippen molar-refractivity contribution in [3.63, 3.8) is 0 Å². The van der Waals surface area contributed by atoms with Crippen molar-refractivity contribution in [2.75, 3.05) is 20.2 Å². The molecule has 96 valence electrons. The number of hydrogen-bond donors (Lipinski definition) is 0. The highest BCUT2D eigenvalue weighted by Crippen LogP contribution is 2.19. The van der Waals surface area contributed by atoms with Crippen LogP contribution in [0.3, 0.4) is 0 Å². The van der Waals surface area contributed by atoms with E-state index in [0.29, 0.717) is 31.5 Å². The Kier molecular flexibility index (Phi) is 3.92. The summed E-state index contributed by atoms with van der Waals surface area (Å²) >= 11 is 0. The SMILES string of the molecule is COC(=O)C1CCN(C(=O)c2cccnc2)CC1. The van der Waals surface area contributed by atoms with Gasteiger partial charge in [-0.3, -0.25) is 14.6 Å². The number of amides is 1. The Morgan fingerprint density at radius 3 is 2.67 bits per heavy atom. The molecule has 0 spiro atoms. The van der Waals surface area contributed by atoms with Crippen LogP contribution in [0.5, 0.6) is 0 Å². The number of likely N-dealkylation sites (tertiary alicyclic amines) is 1. The minimum absolute atomic E-state index is 0.0218. The van der Waals surface area contributed by atoms with Gasteiger partial charge < -0.3 is 9.64 Å². The molecule has 0 bridgehead atoms. The van der Waals surface area contributed by atoms with Crippen LogP contribution in [-0.2, 0) is 9.53 Å². The highest BCUT2D eigenvalue weighted by Gasteiger charge is 2.28. The fraction of sp³-hybridized carbons (Fsp3) is 0.462. The average molecular weight is 248 g/mol. The van der Waals surface area contributed by atoms with Gasteiger partial charge in [0.05, 0.1) is 18.6 Å². The number of carbonyl (C=O) groups excluding carboxylic acids is 2. The summed E-state index contributed by atoms with van der Waals surface area (Å²) in [5, 5.41) is 0. The maximum absolute atomic E-state index is 12.1. The number of aromatic nitrogens is 1. The highest BCUT2D eigenvalue weighted by atomic mass is 16.5. The lowest BCUT2D eigenvalue weighted by Gasteiger charge is -2.30. The molecule has 5 heteroatoms. The molecule has 5 nitrogen and oxygen atoms in total. The molecule has 0 unspecified atom stereocenters. The second-order valence-electron chi connectivity index (χ2n) is 4.33. The van der Waals surface area contributed by atoms with Crippen LogP contribution in [0.15, 0.2) is 24.5 Å². The van der Waals surface area contributed by atoms with Gasteiger partial charge in [0, 0.05) is 25.5 Å². The van der Waals surface area contributed by atoms with E-state index < -0.39 is 0 Å². The maximum Gasteiger partial charge on any atom is 0.308 e. The van der Waals surface area contributed by atoms with E-state index in [1.54, 1.807) is 29.4 Å².